The van der Waals surface area contributed by atoms with E-state index < -0.39 is 0 Å². The van der Waals surface area contributed by atoms with Gasteiger partial charge in [0.15, 0.2) is 0 Å². The van der Waals surface area contributed by atoms with Gasteiger partial charge in [0, 0.05) is 43.3 Å². The summed E-state index contributed by atoms with van der Waals surface area (Å²) in [5.74, 6) is -0.196. The quantitative estimate of drug-likeness (QED) is 0.198. The number of para-hydroxylation sites is 3. The van der Waals surface area contributed by atoms with Gasteiger partial charge >= 0.3 is 0 Å². The molecule has 41 heavy (non-hydrogen) atoms. The second-order valence-electron chi connectivity index (χ2n) is 11.3. The van der Waals surface area contributed by atoms with Crippen molar-refractivity contribution in [2.75, 3.05) is 4.90 Å². The fraction of sp³-hybridized carbons (Fsp3) is 0.0556. The fourth-order valence-electron chi connectivity index (χ4n) is 7.72. The third kappa shape index (κ3) is 2.75. The van der Waals surface area contributed by atoms with Crippen molar-refractivity contribution >= 4 is 68.9 Å². The molecule has 0 N–H and O–H groups in total. The van der Waals surface area contributed by atoms with E-state index in [1.807, 2.05) is 23.9 Å². The first-order valence-electron chi connectivity index (χ1n) is 14.2. The maximum atomic E-state index is 15.4. The number of rotatable bonds is 1. The third-order valence-corrected chi connectivity index (χ3v) is 10.4. The minimum absolute atomic E-state index is 0.100. The first kappa shape index (κ1) is 22.2. The Kier molecular flexibility index (Phi) is 4.25. The van der Waals surface area contributed by atoms with Crippen molar-refractivity contribution in [2.24, 2.45) is 0 Å². The van der Waals surface area contributed by atoms with E-state index in [0.29, 0.717) is 5.56 Å². The molecule has 192 valence electrons. The first-order valence-corrected chi connectivity index (χ1v) is 15.1. The Morgan fingerprint density at radius 2 is 1.56 bits per heavy atom. The lowest BCUT2D eigenvalue weighted by Gasteiger charge is -2.43. The summed E-state index contributed by atoms with van der Waals surface area (Å²) in [6.45, 7) is 0.100. The normalized spacial score (nSPS) is 15.0. The van der Waals surface area contributed by atoms with Crippen LogP contribution in [0.4, 0.5) is 21.5 Å². The molecule has 4 heterocycles. The van der Waals surface area contributed by atoms with E-state index in [4.69, 9.17) is 0 Å². The van der Waals surface area contributed by atoms with E-state index in [-0.39, 0.29) is 12.5 Å². The lowest BCUT2D eigenvalue weighted by Crippen LogP contribution is -2.60. The summed E-state index contributed by atoms with van der Waals surface area (Å²) in [7, 11) is 0. The van der Waals surface area contributed by atoms with Crippen molar-refractivity contribution in [3.05, 3.63) is 120 Å². The third-order valence-electron chi connectivity index (χ3n) is 9.30. The average molecular weight is 544 g/mol. The molecule has 1 aliphatic carbocycles. The molecule has 0 amide bonds. The monoisotopic (exact) mass is 544 g/mol. The standard InChI is InChI=1S/C36H22BFN2S/c38-27-14-3-1-9-22(27)21-19-30-34-31(20-21)40-29-16-5-6-17-32(29)41-33-18-8-13-26(36(33)40)37(34)25-12-7-11-24-23-10-2-4-15-28(23)39(30)35(24)25/h1,3-9,11-20H,2,10H2. The molecule has 6 aromatic rings. The number of hydrogen-bond acceptors (Lipinski definition) is 2. The number of anilines is 3. The number of aryl methyl sites for hydroxylation is 1. The van der Waals surface area contributed by atoms with Crippen molar-refractivity contribution < 1.29 is 4.39 Å². The highest BCUT2D eigenvalue weighted by atomic mass is 32.2. The number of fused-ring (bicyclic) bond motifs is 9. The maximum Gasteiger partial charge on any atom is 0.252 e. The fourth-order valence-corrected chi connectivity index (χ4v) is 8.82. The van der Waals surface area contributed by atoms with Crippen LogP contribution in [0.1, 0.15) is 17.7 Å². The van der Waals surface area contributed by atoms with Crippen LogP contribution in [0, 0.1) is 5.82 Å². The molecular formula is C36H22BFN2S. The zero-order valence-electron chi connectivity index (χ0n) is 22.1. The number of hydrogen-bond donors (Lipinski definition) is 0. The summed E-state index contributed by atoms with van der Waals surface area (Å²) < 4.78 is 17.9. The summed E-state index contributed by atoms with van der Waals surface area (Å²) in [6.07, 6.45) is 6.69. The van der Waals surface area contributed by atoms with Crippen LogP contribution in [0.3, 0.4) is 0 Å². The largest absolute Gasteiger partial charge is 0.311 e. The van der Waals surface area contributed by atoms with E-state index in [2.05, 4.69) is 94.4 Å². The lowest BCUT2D eigenvalue weighted by molar-refractivity contribution is 0.631. The van der Waals surface area contributed by atoms with Gasteiger partial charge in [-0.3, -0.25) is 0 Å². The van der Waals surface area contributed by atoms with Crippen LogP contribution in [-0.2, 0) is 6.42 Å². The van der Waals surface area contributed by atoms with Crippen LogP contribution in [-0.4, -0.2) is 11.3 Å². The molecule has 0 unspecified atom stereocenters. The average Bonchev–Trinajstić information content (AvgIpc) is 3.36. The molecule has 4 aliphatic rings. The molecule has 0 bridgehead atoms. The molecule has 5 heteroatoms. The summed E-state index contributed by atoms with van der Waals surface area (Å²) in [4.78, 5) is 4.95. The predicted octanol–water partition coefficient (Wildman–Crippen LogP) is 7.47. The van der Waals surface area contributed by atoms with E-state index >= 15 is 4.39 Å². The molecule has 10 rings (SSSR count). The van der Waals surface area contributed by atoms with Crippen molar-refractivity contribution in [1.29, 1.82) is 0 Å². The Balaban J connectivity index is 1.41. The number of nitrogens with zero attached hydrogens (tertiary/aromatic N) is 2. The highest BCUT2D eigenvalue weighted by Gasteiger charge is 2.45. The van der Waals surface area contributed by atoms with Gasteiger partial charge in [0.05, 0.1) is 11.4 Å². The van der Waals surface area contributed by atoms with Gasteiger partial charge in [0.25, 0.3) is 6.71 Å². The molecule has 3 aliphatic heterocycles. The van der Waals surface area contributed by atoms with Gasteiger partial charge in [-0.15, -0.1) is 0 Å². The minimum atomic E-state index is -0.196. The Bertz CT molecular complexity index is 2180. The van der Waals surface area contributed by atoms with E-state index in [9.17, 15) is 0 Å². The molecule has 0 radical (unpaired) electrons. The topological polar surface area (TPSA) is 8.17 Å². The van der Waals surface area contributed by atoms with Crippen LogP contribution in [0.2, 0.25) is 0 Å². The summed E-state index contributed by atoms with van der Waals surface area (Å²) in [5.41, 5.74) is 14.3. The molecule has 2 nitrogen and oxygen atoms in total. The van der Waals surface area contributed by atoms with Crippen LogP contribution >= 0.6 is 11.8 Å². The molecule has 0 fully saturated rings. The van der Waals surface area contributed by atoms with Crippen molar-refractivity contribution in [3.8, 4) is 16.8 Å². The minimum Gasteiger partial charge on any atom is -0.311 e. The smallest absolute Gasteiger partial charge is 0.252 e. The summed E-state index contributed by atoms with van der Waals surface area (Å²) >= 11 is 1.85. The van der Waals surface area contributed by atoms with E-state index in [1.54, 1.807) is 12.1 Å². The zero-order chi connectivity index (χ0) is 26.8. The first-order chi connectivity index (χ1) is 20.3. The number of aromatic nitrogens is 1. The van der Waals surface area contributed by atoms with Gasteiger partial charge in [-0.25, -0.2) is 4.39 Å². The maximum absolute atomic E-state index is 15.4. The Morgan fingerprint density at radius 3 is 2.51 bits per heavy atom. The van der Waals surface area contributed by atoms with Gasteiger partial charge in [0.2, 0.25) is 0 Å². The van der Waals surface area contributed by atoms with Crippen molar-refractivity contribution in [1.82, 2.24) is 4.57 Å². The molecule has 0 saturated heterocycles. The van der Waals surface area contributed by atoms with Crippen LogP contribution < -0.4 is 21.3 Å². The Hall–Kier alpha value is -4.48. The van der Waals surface area contributed by atoms with Gasteiger partial charge < -0.3 is 9.47 Å². The SMILES string of the molecule is Fc1ccccc1-c1cc2c3c(c1)-n1c4c(c5cccc(c51)B3c1cccc3c1N2c1ccccc1S3)CCC=C4. The zero-order valence-corrected chi connectivity index (χ0v) is 22.9. The number of allylic oxidation sites excluding steroid dienone is 1. The van der Waals surface area contributed by atoms with Gasteiger partial charge in [-0.05, 0) is 82.8 Å². The van der Waals surface area contributed by atoms with Crippen molar-refractivity contribution in [2.45, 2.75) is 22.6 Å². The lowest BCUT2D eigenvalue weighted by atomic mass is 9.33. The molecule has 0 saturated carbocycles. The molecular weight excluding hydrogens is 522 g/mol. The predicted molar refractivity (Wildman–Crippen MR) is 169 cm³/mol. The van der Waals surface area contributed by atoms with Gasteiger partial charge in [-0.1, -0.05) is 78.5 Å². The summed E-state index contributed by atoms with van der Waals surface area (Å²) in [5, 5.41) is 1.34. The highest BCUT2D eigenvalue weighted by molar-refractivity contribution is 7.99. The second kappa shape index (κ2) is 7.83. The molecule has 1 aromatic heterocycles. The molecule has 0 atom stereocenters. The second-order valence-corrected chi connectivity index (χ2v) is 12.4. The van der Waals surface area contributed by atoms with Crippen LogP contribution in [0.15, 0.2) is 113 Å². The van der Waals surface area contributed by atoms with Crippen LogP contribution in [0.5, 0.6) is 0 Å². The van der Waals surface area contributed by atoms with Crippen LogP contribution in [0.25, 0.3) is 33.8 Å². The number of benzene rings is 5. The van der Waals surface area contributed by atoms with E-state index in [1.165, 1.54) is 59.7 Å². The molecule has 0 spiro atoms. The highest BCUT2D eigenvalue weighted by Crippen LogP contribution is 2.53. The summed E-state index contributed by atoms with van der Waals surface area (Å²) in [6, 6.07) is 33.9. The van der Waals surface area contributed by atoms with Crippen molar-refractivity contribution in [3.63, 3.8) is 0 Å². The van der Waals surface area contributed by atoms with E-state index in [0.717, 1.165) is 29.8 Å². The van der Waals surface area contributed by atoms with Gasteiger partial charge in [0.1, 0.15) is 5.82 Å². The van der Waals surface area contributed by atoms with Gasteiger partial charge in [-0.2, -0.15) is 0 Å². The molecule has 5 aromatic carbocycles. The number of halogens is 1. The Morgan fingerprint density at radius 1 is 0.756 bits per heavy atom. The Labute approximate surface area is 241 Å².